The van der Waals surface area contributed by atoms with Gasteiger partial charge in [-0.2, -0.15) is 26.3 Å². The van der Waals surface area contributed by atoms with E-state index in [0.717, 1.165) is 0 Å². The highest BCUT2D eigenvalue weighted by atomic mass is 19.4. The van der Waals surface area contributed by atoms with E-state index in [1.165, 1.54) is 34.1 Å². The number of carbonyl (C=O) groups is 3. The number of rotatable bonds is 5. The maximum absolute atomic E-state index is 13.8. The van der Waals surface area contributed by atoms with Crippen LogP contribution in [-0.2, 0) is 33.1 Å². The van der Waals surface area contributed by atoms with Crippen molar-refractivity contribution in [2.24, 2.45) is 11.8 Å². The van der Waals surface area contributed by atoms with Crippen LogP contribution >= 0.6 is 0 Å². The number of carbonyl (C=O) groups excluding carboxylic acids is 3. The highest BCUT2D eigenvalue weighted by Gasteiger charge is 2.47. The van der Waals surface area contributed by atoms with Crippen LogP contribution in [0.4, 0.5) is 35.5 Å². The number of halogens is 7. The quantitative estimate of drug-likeness (QED) is 0.457. The number of hydrogen-bond acceptors (Lipinski definition) is 4. The van der Waals surface area contributed by atoms with Crippen LogP contribution in [0.1, 0.15) is 34.7 Å². The molecule has 14 heteroatoms. The summed E-state index contributed by atoms with van der Waals surface area (Å²) in [6, 6.07) is 5.70. The Morgan fingerprint density at radius 3 is 2.10 bits per heavy atom. The van der Waals surface area contributed by atoms with E-state index in [-0.39, 0.29) is 56.6 Å². The molecule has 42 heavy (non-hydrogen) atoms. The number of alkyl halides is 6. The lowest BCUT2D eigenvalue weighted by molar-refractivity contribution is -0.144. The molecule has 3 fully saturated rings. The summed E-state index contributed by atoms with van der Waals surface area (Å²) in [5, 5.41) is 0. The van der Waals surface area contributed by atoms with Crippen molar-refractivity contribution >= 4 is 17.9 Å². The first-order chi connectivity index (χ1) is 19.7. The first-order valence-corrected chi connectivity index (χ1v) is 13.2. The minimum absolute atomic E-state index is 0.00670. The zero-order chi connectivity index (χ0) is 30.4. The molecule has 0 spiro atoms. The first-order valence-electron chi connectivity index (χ1n) is 13.2. The molecule has 3 atom stereocenters. The van der Waals surface area contributed by atoms with Gasteiger partial charge in [0, 0.05) is 25.6 Å². The lowest BCUT2D eigenvalue weighted by atomic mass is 9.78. The summed E-state index contributed by atoms with van der Waals surface area (Å²) >= 11 is 0. The second-order valence-corrected chi connectivity index (χ2v) is 10.7. The SMILES string of the molecule is O=C(CN1CCOC1=O)N1CC2CCN(C(=O)Cc3cc(C(F)(F)F)cc(C(F)(F)F)c3)C(c3ccc(F)cc3)[C@@H]2C1. The summed E-state index contributed by atoms with van der Waals surface area (Å²) in [5.74, 6) is -1.96. The van der Waals surface area contributed by atoms with Gasteiger partial charge >= 0.3 is 18.4 Å². The van der Waals surface area contributed by atoms with E-state index in [0.29, 0.717) is 30.7 Å². The van der Waals surface area contributed by atoms with E-state index in [1.54, 1.807) is 4.90 Å². The summed E-state index contributed by atoms with van der Waals surface area (Å²) < 4.78 is 99.0. The molecular weight excluding hydrogens is 575 g/mol. The second kappa shape index (κ2) is 11.1. The van der Waals surface area contributed by atoms with E-state index in [1.807, 2.05) is 0 Å². The fourth-order valence-electron chi connectivity index (χ4n) is 6.04. The highest BCUT2D eigenvalue weighted by molar-refractivity contribution is 5.83. The van der Waals surface area contributed by atoms with E-state index in [9.17, 15) is 45.1 Å². The molecule has 0 radical (unpaired) electrons. The Kier molecular flexibility index (Phi) is 7.84. The molecule has 0 bridgehead atoms. The highest BCUT2D eigenvalue weighted by Crippen LogP contribution is 2.44. The van der Waals surface area contributed by atoms with Gasteiger partial charge in [-0.05, 0) is 53.8 Å². The molecule has 3 saturated heterocycles. The van der Waals surface area contributed by atoms with Crippen molar-refractivity contribution in [1.29, 1.82) is 0 Å². The molecular formula is C28H26F7N3O4. The Morgan fingerprint density at radius 2 is 1.52 bits per heavy atom. The monoisotopic (exact) mass is 601 g/mol. The molecule has 2 unspecified atom stereocenters. The van der Waals surface area contributed by atoms with Crippen LogP contribution < -0.4 is 0 Å². The van der Waals surface area contributed by atoms with Crippen LogP contribution in [0.25, 0.3) is 0 Å². The van der Waals surface area contributed by atoms with Gasteiger partial charge in [-0.1, -0.05) is 12.1 Å². The summed E-state index contributed by atoms with van der Waals surface area (Å²) in [5.41, 5.74) is -2.94. The summed E-state index contributed by atoms with van der Waals surface area (Å²) in [4.78, 5) is 42.6. The van der Waals surface area contributed by atoms with Gasteiger partial charge in [0.1, 0.15) is 19.0 Å². The van der Waals surface area contributed by atoms with Gasteiger partial charge < -0.3 is 14.5 Å². The molecule has 2 aromatic carbocycles. The molecule has 7 nitrogen and oxygen atoms in total. The summed E-state index contributed by atoms with van der Waals surface area (Å²) in [6.45, 7) is 0.941. The average molecular weight is 602 g/mol. The molecule has 0 aromatic heterocycles. The smallest absolute Gasteiger partial charge is 0.416 e. The van der Waals surface area contributed by atoms with E-state index in [4.69, 9.17) is 4.74 Å². The number of likely N-dealkylation sites (tertiary alicyclic amines) is 2. The Bertz CT molecular complexity index is 1330. The maximum Gasteiger partial charge on any atom is 0.416 e. The van der Waals surface area contributed by atoms with Crippen LogP contribution in [0.5, 0.6) is 0 Å². The number of hydrogen-bond donors (Lipinski definition) is 0. The zero-order valence-corrected chi connectivity index (χ0v) is 22.1. The Morgan fingerprint density at radius 1 is 0.881 bits per heavy atom. The molecule has 5 rings (SSSR count). The van der Waals surface area contributed by atoms with Crippen LogP contribution in [-0.4, -0.2) is 71.9 Å². The van der Waals surface area contributed by atoms with Gasteiger partial charge in [-0.25, -0.2) is 9.18 Å². The van der Waals surface area contributed by atoms with Crippen molar-refractivity contribution in [2.45, 2.75) is 31.2 Å². The van der Waals surface area contributed by atoms with Gasteiger partial charge in [-0.3, -0.25) is 14.5 Å². The number of fused-ring (bicyclic) bond motifs is 1. The minimum atomic E-state index is -5.06. The fraction of sp³-hybridized carbons (Fsp3) is 0.464. The fourth-order valence-corrected chi connectivity index (χ4v) is 6.04. The third-order valence-electron chi connectivity index (χ3n) is 8.03. The number of ether oxygens (including phenoxy) is 1. The molecule has 0 N–H and O–H groups in total. The van der Waals surface area contributed by atoms with Gasteiger partial charge in [0.2, 0.25) is 11.8 Å². The molecule has 3 aliphatic rings. The predicted molar refractivity (Wildman–Crippen MR) is 132 cm³/mol. The third kappa shape index (κ3) is 6.16. The van der Waals surface area contributed by atoms with Crippen LogP contribution in [0.2, 0.25) is 0 Å². The largest absolute Gasteiger partial charge is 0.448 e. The second-order valence-electron chi connectivity index (χ2n) is 10.7. The van der Waals surface area contributed by atoms with Gasteiger partial charge in [0.05, 0.1) is 30.1 Å². The first kappa shape index (κ1) is 29.6. The molecule has 3 amide bonds. The lowest BCUT2D eigenvalue weighted by Crippen LogP contribution is -2.46. The Balaban J connectivity index is 1.41. The predicted octanol–water partition coefficient (Wildman–Crippen LogP) is 4.91. The topological polar surface area (TPSA) is 70.2 Å². The molecule has 3 aliphatic heterocycles. The molecule has 3 heterocycles. The zero-order valence-electron chi connectivity index (χ0n) is 22.1. The summed E-state index contributed by atoms with van der Waals surface area (Å²) in [7, 11) is 0. The van der Waals surface area contributed by atoms with Crippen LogP contribution in [0.3, 0.4) is 0 Å². The number of cyclic esters (lactones) is 1. The van der Waals surface area contributed by atoms with Gasteiger partial charge in [0.15, 0.2) is 0 Å². The average Bonchev–Trinajstić information content (AvgIpc) is 3.53. The number of nitrogens with zero attached hydrogens (tertiary/aromatic N) is 3. The third-order valence-corrected chi connectivity index (χ3v) is 8.03. The van der Waals surface area contributed by atoms with Gasteiger partial charge in [0.25, 0.3) is 0 Å². The maximum atomic E-state index is 13.8. The van der Waals surface area contributed by atoms with Crippen molar-refractivity contribution in [3.8, 4) is 0 Å². The molecule has 0 saturated carbocycles. The van der Waals surface area contributed by atoms with Crippen LogP contribution in [0, 0.1) is 17.7 Å². The van der Waals surface area contributed by atoms with Crippen molar-refractivity contribution in [2.75, 3.05) is 39.3 Å². The summed E-state index contributed by atoms with van der Waals surface area (Å²) in [6.07, 6.45) is -11.0. The van der Waals surface area contributed by atoms with E-state index < -0.39 is 59.3 Å². The standard InChI is InChI=1S/C28H26F7N3O4/c29-21-3-1-17(2-4-21)25-22-14-37(24(40)15-36-7-8-42-26(36)41)13-18(22)5-6-38(25)23(39)11-16-9-19(27(30,31)32)12-20(10-16)28(33,34)35/h1-4,9-10,12,18,22,25H,5-8,11,13-15H2/t18?,22-,25?/m1/s1. The van der Waals surface area contributed by atoms with E-state index >= 15 is 0 Å². The molecule has 226 valence electrons. The number of benzene rings is 2. The van der Waals surface area contributed by atoms with Crippen molar-refractivity contribution in [1.82, 2.24) is 14.7 Å². The minimum Gasteiger partial charge on any atom is -0.448 e. The van der Waals surface area contributed by atoms with Crippen molar-refractivity contribution in [3.05, 3.63) is 70.5 Å². The normalized spacial score (nSPS) is 22.8. The number of amides is 3. The Hall–Kier alpha value is -3.84. The Labute approximate surface area is 235 Å². The van der Waals surface area contributed by atoms with Crippen molar-refractivity contribution < 1.29 is 49.9 Å². The molecule has 0 aliphatic carbocycles. The number of piperidine rings is 1. The van der Waals surface area contributed by atoms with Crippen molar-refractivity contribution in [3.63, 3.8) is 0 Å². The van der Waals surface area contributed by atoms with Crippen LogP contribution in [0.15, 0.2) is 42.5 Å². The lowest BCUT2D eigenvalue weighted by Gasteiger charge is -2.43. The van der Waals surface area contributed by atoms with Gasteiger partial charge in [-0.15, -0.1) is 0 Å². The van der Waals surface area contributed by atoms with E-state index in [2.05, 4.69) is 0 Å². The molecule has 2 aromatic rings.